The Hall–Kier alpha value is -1.28. The van der Waals surface area contributed by atoms with Crippen molar-refractivity contribution < 1.29 is 4.79 Å². The van der Waals surface area contributed by atoms with Crippen LogP contribution in [0.25, 0.3) is 0 Å². The lowest BCUT2D eigenvalue weighted by Gasteiger charge is -2.11. The maximum Gasteiger partial charge on any atom is 0.231 e. The maximum atomic E-state index is 12.6. The summed E-state index contributed by atoms with van der Waals surface area (Å²) in [5, 5.41) is 6.95. The van der Waals surface area contributed by atoms with Gasteiger partial charge in [-0.25, -0.2) is 4.98 Å². The fraction of sp³-hybridized carbons (Fsp3) is 0.462. The summed E-state index contributed by atoms with van der Waals surface area (Å²) in [5.74, 6) is -0.223. The van der Waals surface area contributed by atoms with Gasteiger partial charge < -0.3 is 10.6 Å². The average molecular weight is 328 g/mol. The third-order valence-corrected chi connectivity index (χ3v) is 4.24. The number of thiazole rings is 1. The van der Waals surface area contributed by atoms with Crippen molar-refractivity contribution in [2.24, 2.45) is 5.73 Å². The van der Waals surface area contributed by atoms with E-state index in [2.05, 4.69) is 10.1 Å². The minimum absolute atomic E-state index is 0.189. The molecule has 6 nitrogen and oxygen atoms in total. The molecule has 8 heteroatoms. The molecule has 2 heterocycles. The number of rotatable bonds is 6. The van der Waals surface area contributed by atoms with Gasteiger partial charge in [0.1, 0.15) is 16.4 Å². The van der Waals surface area contributed by atoms with E-state index >= 15 is 0 Å². The monoisotopic (exact) mass is 327 g/mol. The summed E-state index contributed by atoms with van der Waals surface area (Å²) >= 11 is 7.48. The lowest BCUT2D eigenvalue weighted by Crippen LogP contribution is -2.22. The van der Waals surface area contributed by atoms with Crippen LogP contribution in [0.5, 0.6) is 0 Å². The van der Waals surface area contributed by atoms with Crippen molar-refractivity contribution in [3.05, 3.63) is 33.0 Å². The molecular formula is C13H18ClN5OS. The van der Waals surface area contributed by atoms with Crippen LogP contribution in [0.1, 0.15) is 34.2 Å². The van der Waals surface area contributed by atoms with E-state index in [0.29, 0.717) is 23.0 Å². The van der Waals surface area contributed by atoms with Crippen molar-refractivity contribution in [1.82, 2.24) is 19.7 Å². The molecule has 0 aliphatic heterocycles. The molecule has 2 aromatic heterocycles. The van der Waals surface area contributed by atoms with Crippen molar-refractivity contribution in [2.45, 2.75) is 19.5 Å². The fourth-order valence-electron chi connectivity index (χ4n) is 1.77. The highest BCUT2D eigenvalue weighted by atomic mass is 35.5. The van der Waals surface area contributed by atoms with Crippen molar-refractivity contribution in [1.29, 1.82) is 0 Å². The Bertz CT molecular complexity index is 634. The van der Waals surface area contributed by atoms with E-state index in [1.165, 1.54) is 17.5 Å². The van der Waals surface area contributed by atoms with Gasteiger partial charge in [-0.2, -0.15) is 5.10 Å². The quantitative estimate of drug-likeness (QED) is 0.819. The van der Waals surface area contributed by atoms with Gasteiger partial charge in [0.2, 0.25) is 5.78 Å². The molecule has 1 atom stereocenters. The highest BCUT2D eigenvalue weighted by Gasteiger charge is 2.22. The van der Waals surface area contributed by atoms with E-state index in [1.54, 1.807) is 10.1 Å². The summed E-state index contributed by atoms with van der Waals surface area (Å²) in [6.45, 7) is 3.19. The van der Waals surface area contributed by atoms with Crippen LogP contribution in [-0.2, 0) is 6.54 Å². The van der Waals surface area contributed by atoms with Gasteiger partial charge in [0.15, 0.2) is 0 Å². The minimum atomic E-state index is -0.223. The third kappa shape index (κ3) is 3.68. The summed E-state index contributed by atoms with van der Waals surface area (Å²) in [6, 6.07) is -0.189. The predicted octanol–water partition coefficient (Wildman–Crippen LogP) is 1.81. The molecule has 0 saturated carbocycles. The number of carbonyl (C=O) groups is 1. The Morgan fingerprint density at radius 1 is 1.57 bits per heavy atom. The number of aromatic nitrogens is 3. The van der Waals surface area contributed by atoms with E-state index in [0.717, 1.165) is 11.6 Å². The van der Waals surface area contributed by atoms with Gasteiger partial charge in [-0.15, -0.1) is 11.3 Å². The Labute approximate surface area is 132 Å². The Morgan fingerprint density at radius 2 is 2.29 bits per heavy atom. The van der Waals surface area contributed by atoms with Crippen molar-refractivity contribution in [3.63, 3.8) is 0 Å². The van der Waals surface area contributed by atoms with Gasteiger partial charge in [-0.05, 0) is 21.0 Å². The van der Waals surface area contributed by atoms with Crippen LogP contribution in [0.15, 0.2) is 11.6 Å². The molecule has 0 saturated heterocycles. The molecule has 114 valence electrons. The molecule has 0 aliphatic rings. The molecule has 0 fully saturated rings. The van der Waals surface area contributed by atoms with Gasteiger partial charge in [0, 0.05) is 11.9 Å². The average Bonchev–Trinajstić information content (AvgIpc) is 3.02. The molecule has 1 unspecified atom stereocenters. The maximum absolute atomic E-state index is 12.6. The summed E-state index contributed by atoms with van der Waals surface area (Å²) in [4.78, 5) is 18.9. The zero-order valence-electron chi connectivity index (χ0n) is 12.2. The first-order valence-electron chi connectivity index (χ1n) is 6.52. The van der Waals surface area contributed by atoms with E-state index in [-0.39, 0.29) is 11.8 Å². The molecule has 0 amide bonds. The van der Waals surface area contributed by atoms with Gasteiger partial charge in [-0.1, -0.05) is 11.6 Å². The van der Waals surface area contributed by atoms with Crippen LogP contribution in [0, 0.1) is 0 Å². The molecule has 0 aromatic carbocycles. The highest BCUT2D eigenvalue weighted by Crippen LogP contribution is 2.22. The lowest BCUT2D eigenvalue weighted by atomic mass is 10.2. The minimum Gasteiger partial charge on any atom is -0.322 e. The summed E-state index contributed by atoms with van der Waals surface area (Å²) in [6.07, 6.45) is 1.49. The van der Waals surface area contributed by atoms with Crippen LogP contribution >= 0.6 is 22.9 Å². The molecule has 0 radical (unpaired) electrons. The number of halogens is 1. The van der Waals surface area contributed by atoms with E-state index in [4.69, 9.17) is 17.3 Å². The summed E-state index contributed by atoms with van der Waals surface area (Å²) < 4.78 is 1.62. The highest BCUT2D eigenvalue weighted by molar-refractivity contribution is 7.09. The second kappa shape index (κ2) is 6.65. The SMILES string of the molecule is CC(N)c1nc(C(=O)c2c(Cl)cnn2CCN(C)C)cs1. The van der Waals surface area contributed by atoms with Crippen molar-refractivity contribution >= 4 is 28.7 Å². The number of hydrogen-bond acceptors (Lipinski definition) is 6. The van der Waals surface area contributed by atoms with Crippen molar-refractivity contribution in [3.8, 4) is 0 Å². The summed E-state index contributed by atoms with van der Waals surface area (Å²) in [5.41, 5.74) is 6.51. The smallest absolute Gasteiger partial charge is 0.231 e. The Kier molecular flexibility index (Phi) is 5.10. The zero-order chi connectivity index (χ0) is 15.6. The number of ketones is 1. The molecule has 0 bridgehead atoms. The molecule has 0 aliphatic carbocycles. The first kappa shape index (κ1) is 16.1. The molecular weight excluding hydrogens is 310 g/mol. The topological polar surface area (TPSA) is 77.0 Å². The van der Waals surface area contributed by atoms with Gasteiger partial charge in [0.25, 0.3) is 0 Å². The first-order valence-corrected chi connectivity index (χ1v) is 7.77. The third-order valence-electron chi connectivity index (χ3n) is 2.91. The normalized spacial score (nSPS) is 12.9. The molecule has 0 spiro atoms. The summed E-state index contributed by atoms with van der Waals surface area (Å²) in [7, 11) is 3.92. The van der Waals surface area contributed by atoms with Crippen LogP contribution in [0.2, 0.25) is 5.02 Å². The number of nitrogens with two attached hydrogens (primary N) is 1. The second-order valence-electron chi connectivity index (χ2n) is 5.06. The lowest BCUT2D eigenvalue weighted by molar-refractivity contribution is 0.102. The van der Waals surface area contributed by atoms with E-state index < -0.39 is 0 Å². The Morgan fingerprint density at radius 3 is 2.86 bits per heavy atom. The number of hydrogen-bond donors (Lipinski definition) is 1. The van der Waals surface area contributed by atoms with Gasteiger partial charge in [0.05, 0.1) is 23.8 Å². The predicted molar refractivity (Wildman–Crippen MR) is 83.9 cm³/mol. The number of nitrogens with zero attached hydrogens (tertiary/aromatic N) is 4. The Balaban J connectivity index is 2.27. The van der Waals surface area contributed by atoms with E-state index in [9.17, 15) is 4.79 Å². The number of carbonyl (C=O) groups excluding carboxylic acids is 1. The molecule has 2 rings (SSSR count). The second-order valence-corrected chi connectivity index (χ2v) is 6.35. The van der Waals surface area contributed by atoms with Crippen LogP contribution in [0.3, 0.4) is 0 Å². The van der Waals surface area contributed by atoms with Crippen LogP contribution in [0.4, 0.5) is 0 Å². The van der Waals surface area contributed by atoms with Crippen LogP contribution in [-0.4, -0.2) is 46.1 Å². The van der Waals surface area contributed by atoms with Gasteiger partial charge in [-0.3, -0.25) is 9.48 Å². The van der Waals surface area contributed by atoms with Gasteiger partial charge >= 0.3 is 0 Å². The van der Waals surface area contributed by atoms with E-state index in [1.807, 2.05) is 25.9 Å². The largest absolute Gasteiger partial charge is 0.322 e. The van der Waals surface area contributed by atoms with Crippen LogP contribution < -0.4 is 5.73 Å². The first-order chi connectivity index (χ1) is 9.90. The molecule has 21 heavy (non-hydrogen) atoms. The molecule has 2 N–H and O–H groups in total. The van der Waals surface area contributed by atoms with Crippen molar-refractivity contribution in [2.75, 3.05) is 20.6 Å². The molecule has 2 aromatic rings. The zero-order valence-corrected chi connectivity index (χ0v) is 13.8. The number of likely N-dealkylation sites (N-methyl/N-ethyl adjacent to an activating group) is 1. The standard InChI is InChI=1S/C13H18ClN5OS/c1-8(15)13-17-10(7-21-13)12(20)11-9(14)6-16-19(11)5-4-18(2)3/h6-8H,4-5,15H2,1-3H3. The fourth-order valence-corrected chi connectivity index (χ4v) is 2.76.